The maximum atomic E-state index is 4.21. The molecule has 0 unspecified atom stereocenters. The van der Waals surface area contributed by atoms with Crippen LogP contribution in [-0.4, -0.2) is 35.2 Å². The van der Waals surface area contributed by atoms with Gasteiger partial charge >= 0.3 is 0 Å². The molecule has 18 heavy (non-hydrogen) atoms. The Morgan fingerprint density at radius 3 is 2.44 bits per heavy atom. The van der Waals surface area contributed by atoms with Crippen molar-refractivity contribution in [3.05, 3.63) is 5.01 Å². The van der Waals surface area contributed by atoms with Crippen molar-refractivity contribution in [3.63, 3.8) is 0 Å². The fourth-order valence-corrected chi connectivity index (χ4v) is 3.30. The Morgan fingerprint density at radius 1 is 1.28 bits per heavy atom. The van der Waals surface area contributed by atoms with Gasteiger partial charge in [-0.25, -0.2) is 0 Å². The Hall–Kier alpha value is -0.680. The van der Waals surface area contributed by atoms with Gasteiger partial charge in [0.1, 0.15) is 5.01 Å². The van der Waals surface area contributed by atoms with E-state index in [0.717, 1.165) is 22.6 Å². The molecule has 2 heterocycles. The lowest BCUT2D eigenvalue weighted by Crippen LogP contribution is -2.37. The summed E-state index contributed by atoms with van der Waals surface area (Å²) in [5.74, 6) is 0.857. The van der Waals surface area contributed by atoms with Crippen molar-refractivity contribution in [2.45, 2.75) is 40.2 Å². The minimum absolute atomic E-state index is 0.453. The third-order valence-electron chi connectivity index (χ3n) is 3.85. The van der Waals surface area contributed by atoms with E-state index in [1.807, 2.05) is 7.05 Å². The molecule has 1 saturated heterocycles. The van der Waals surface area contributed by atoms with Crippen LogP contribution < -0.4 is 5.32 Å². The molecule has 1 aliphatic heterocycles. The molecule has 0 aromatic carbocycles. The Labute approximate surface area is 114 Å². The Morgan fingerprint density at radius 2 is 1.94 bits per heavy atom. The number of piperidine rings is 1. The molecule has 2 rings (SSSR count). The lowest BCUT2D eigenvalue weighted by atomic mass is 9.75. The van der Waals surface area contributed by atoms with Crippen molar-refractivity contribution in [2.24, 2.45) is 11.3 Å². The molecule has 0 radical (unpaired) electrons. The fraction of sp³-hybridized carbons (Fsp3) is 0.846. The maximum Gasteiger partial charge on any atom is 0.205 e. The number of nitrogens with one attached hydrogen (secondary N) is 1. The monoisotopic (exact) mass is 268 g/mol. The summed E-state index contributed by atoms with van der Waals surface area (Å²) in [7, 11) is 1.89. The smallest absolute Gasteiger partial charge is 0.205 e. The Kier molecular flexibility index (Phi) is 4.22. The molecule has 1 fully saturated rings. The highest BCUT2D eigenvalue weighted by Crippen LogP contribution is 2.34. The molecule has 4 nitrogen and oxygen atoms in total. The average Bonchev–Trinajstić information content (AvgIpc) is 2.76. The van der Waals surface area contributed by atoms with Gasteiger partial charge in [-0.1, -0.05) is 32.1 Å². The predicted octanol–water partition coefficient (Wildman–Crippen LogP) is 2.84. The van der Waals surface area contributed by atoms with Crippen molar-refractivity contribution in [1.82, 2.24) is 15.1 Å². The van der Waals surface area contributed by atoms with Crippen LogP contribution in [0.4, 0.5) is 5.13 Å². The molecule has 0 bridgehead atoms. The second kappa shape index (κ2) is 5.53. The van der Waals surface area contributed by atoms with Gasteiger partial charge in [-0.3, -0.25) is 4.90 Å². The van der Waals surface area contributed by atoms with Crippen LogP contribution in [-0.2, 0) is 6.54 Å². The van der Waals surface area contributed by atoms with Gasteiger partial charge in [0, 0.05) is 7.05 Å². The SMILES string of the molecule is CNc1nnc(CN2CCC(C(C)(C)C)CC2)s1. The molecule has 102 valence electrons. The zero-order valence-electron chi connectivity index (χ0n) is 11.9. The molecule has 0 saturated carbocycles. The lowest BCUT2D eigenvalue weighted by Gasteiger charge is -2.38. The van der Waals surface area contributed by atoms with Crippen molar-refractivity contribution in [1.29, 1.82) is 0 Å². The van der Waals surface area contributed by atoms with Gasteiger partial charge in [-0.2, -0.15) is 0 Å². The quantitative estimate of drug-likeness (QED) is 0.915. The van der Waals surface area contributed by atoms with Crippen molar-refractivity contribution < 1.29 is 0 Å². The van der Waals surface area contributed by atoms with E-state index < -0.39 is 0 Å². The number of aromatic nitrogens is 2. The minimum atomic E-state index is 0.453. The topological polar surface area (TPSA) is 41.1 Å². The third-order valence-corrected chi connectivity index (χ3v) is 4.78. The summed E-state index contributed by atoms with van der Waals surface area (Å²) in [4.78, 5) is 2.50. The largest absolute Gasteiger partial charge is 0.363 e. The zero-order valence-corrected chi connectivity index (χ0v) is 12.7. The van der Waals surface area contributed by atoms with E-state index in [4.69, 9.17) is 0 Å². The third kappa shape index (κ3) is 3.42. The number of likely N-dealkylation sites (tertiary alicyclic amines) is 1. The summed E-state index contributed by atoms with van der Waals surface area (Å²) >= 11 is 1.66. The maximum absolute atomic E-state index is 4.21. The van der Waals surface area contributed by atoms with E-state index in [1.165, 1.54) is 25.9 Å². The molecule has 0 spiro atoms. The van der Waals surface area contributed by atoms with E-state index in [2.05, 4.69) is 41.2 Å². The van der Waals surface area contributed by atoms with Gasteiger partial charge < -0.3 is 5.32 Å². The molecule has 1 aromatic heterocycles. The molecular weight excluding hydrogens is 244 g/mol. The molecule has 0 aliphatic carbocycles. The normalized spacial score (nSPS) is 19.1. The van der Waals surface area contributed by atoms with Crippen LogP contribution in [0.1, 0.15) is 38.6 Å². The number of nitrogens with zero attached hydrogens (tertiary/aromatic N) is 3. The van der Waals surface area contributed by atoms with Crippen molar-refractivity contribution in [2.75, 3.05) is 25.5 Å². The van der Waals surface area contributed by atoms with Crippen LogP contribution in [0.2, 0.25) is 0 Å². The van der Waals surface area contributed by atoms with Crippen LogP contribution in [0.25, 0.3) is 0 Å². The van der Waals surface area contributed by atoms with E-state index in [9.17, 15) is 0 Å². The molecule has 1 aliphatic rings. The number of hydrogen-bond donors (Lipinski definition) is 1. The predicted molar refractivity (Wildman–Crippen MR) is 76.9 cm³/mol. The van der Waals surface area contributed by atoms with E-state index in [1.54, 1.807) is 11.3 Å². The highest BCUT2D eigenvalue weighted by atomic mass is 32.1. The van der Waals surface area contributed by atoms with Gasteiger partial charge in [-0.05, 0) is 37.3 Å². The van der Waals surface area contributed by atoms with Gasteiger partial charge in [0.25, 0.3) is 0 Å². The molecule has 1 N–H and O–H groups in total. The fourth-order valence-electron chi connectivity index (χ4n) is 2.57. The molecule has 0 amide bonds. The first-order valence-electron chi connectivity index (χ1n) is 6.71. The van der Waals surface area contributed by atoms with Crippen LogP contribution in [0, 0.1) is 11.3 Å². The van der Waals surface area contributed by atoms with Crippen molar-refractivity contribution in [3.8, 4) is 0 Å². The minimum Gasteiger partial charge on any atom is -0.363 e. The van der Waals surface area contributed by atoms with Gasteiger partial charge in [-0.15, -0.1) is 10.2 Å². The van der Waals surface area contributed by atoms with Crippen molar-refractivity contribution >= 4 is 16.5 Å². The van der Waals surface area contributed by atoms with Gasteiger partial charge in [0.2, 0.25) is 5.13 Å². The highest BCUT2D eigenvalue weighted by molar-refractivity contribution is 7.15. The summed E-state index contributed by atoms with van der Waals surface area (Å²) in [6, 6.07) is 0. The van der Waals surface area contributed by atoms with Gasteiger partial charge in [0.15, 0.2) is 0 Å². The zero-order chi connectivity index (χ0) is 13.2. The molecule has 0 atom stereocenters. The lowest BCUT2D eigenvalue weighted by molar-refractivity contribution is 0.108. The van der Waals surface area contributed by atoms with Crippen LogP contribution in [0.15, 0.2) is 0 Å². The Balaban J connectivity index is 1.83. The summed E-state index contributed by atoms with van der Waals surface area (Å²) in [5, 5.41) is 13.4. The van der Waals surface area contributed by atoms with Crippen LogP contribution in [0.5, 0.6) is 0 Å². The number of rotatable bonds is 3. The van der Waals surface area contributed by atoms with E-state index >= 15 is 0 Å². The summed E-state index contributed by atoms with van der Waals surface area (Å²) < 4.78 is 0. The second-order valence-corrected chi connectivity index (χ2v) is 7.23. The first-order chi connectivity index (χ1) is 8.49. The van der Waals surface area contributed by atoms with E-state index in [-0.39, 0.29) is 0 Å². The standard InChI is InChI=1S/C13H24N4S/c1-13(2,3)10-5-7-17(8-6-10)9-11-15-16-12(14-4)18-11/h10H,5-9H2,1-4H3,(H,14,16). The first kappa shape index (κ1) is 13.7. The van der Waals surface area contributed by atoms with Crippen LogP contribution >= 0.6 is 11.3 Å². The first-order valence-corrected chi connectivity index (χ1v) is 7.53. The molecule has 5 heteroatoms. The number of anilines is 1. The average molecular weight is 268 g/mol. The Bertz CT molecular complexity index is 375. The second-order valence-electron chi connectivity index (χ2n) is 6.17. The number of hydrogen-bond acceptors (Lipinski definition) is 5. The summed E-state index contributed by atoms with van der Waals surface area (Å²) in [5.41, 5.74) is 0.453. The van der Waals surface area contributed by atoms with E-state index in [0.29, 0.717) is 5.41 Å². The summed E-state index contributed by atoms with van der Waals surface area (Å²) in [6.45, 7) is 10.4. The molecular formula is C13H24N4S. The van der Waals surface area contributed by atoms with Gasteiger partial charge in [0.05, 0.1) is 6.54 Å². The summed E-state index contributed by atoms with van der Waals surface area (Å²) in [6.07, 6.45) is 2.61. The molecule has 1 aromatic rings. The van der Waals surface area contributed by atoms with Crippen LogP contribution in [0.3, 0.4) is 0 Å². The highest BCUT2D eigenvalue weighted by Gasteiger charge is 2.28.